The summed E-state index contributed by atoms with van der Waals surface area (Å²) in [7, 11) is 1.59. The molecule has 1 fully saturated rings. The molecule has 25 heavy (non-hydrogen) atoms. The first-order chi connectivity index (χ1) is 12.0. The van der Waals surface area contributed by atoms with E-state index >= 15 is 0 Å². The van der Waals surface area contributed by atoms with Crippen molar-refractivity contribution in [2.24, 2.45) is 5.92 Å². The molecule has 0 aliphatic carbocycles. The zero-order chi connectivity index (χ0) is 18.2. The minimum atomic E-state index is 0.253. The molecule has 0 aromatic heterocycles. The molecule has 0 saturated carbocycles. The van der Waals surface area contributed by atoms with Gasteiger partial charge in [0, 0.05) is 24.5 Å². The first kappa shape index (κ1) is 20.1. The van der Waals surface area contributed by atoms with Gasteiger partial charge < -0.3 is 15.4 Å². The SMILES string of the molecule is CCCCCN1CCC(CC(=O)Cc2cc(Cl)c(N)cc2OC)CC1. The number of carbonyl (C=O) groups excluding carboxylic acids is 1. The average molecular weight is 367 g/mol. The highest BCUT2D eigenvalue weighted by Gasteiger charge is 2.22. The number of methoxy groups -OCH3 is 1. The van der Waals surface area contributed by atoms with Gasteiger partial charge in [-0.25, -0.2) is 0 Å². The van der Waals surface area contributed by atoms with Crippen molar-refractivity contribution in [1.29, 1.82) is 0 Å². The smallest absolute Gasteiger partial charge is 0.137 e. The predicted molar refractivity (Wildman–Crippen MR) is 104 cm³/mol. The van der Waals surface area contributed by atoms with Crippen LogP contribution in [-0.2, 0) is 11.2 Å². The zero-order valence-electron chi connectivity index (χ0n) is 15.5. The monoisotopic (exact) mass is 366 g/mol. The van der Waals surface area contributed by atoms with Crippen LogP contribution in [0.1, 0.15) is 51.0 Å². The summed E-state index contributed by atoms with van der Waals surface area (Å²) in [6.07, 6.45) is 7.12. The van der Waals surface area contributed by atoms with Crippen LogP contribution in [0.3, 0.4) is 0 Å². The first-order valence-electron chi connectivity index (χ1n) is 9.39. The number of anilines is 1. The van der Waals surface area contributed by atoms with Gasteiger partial charge in [0.1, 0.15) is 11.5 Å². The number of nitrogens with two attached hydrogens (primary N) is 1. The Balaban J connectivity index is 1.81. The highest BCUT2D eigenvalue weighted by Crippen LogP contribution is 2.30. The summed E-state index contributed by atoms with van der Waals surface area (Å²) in [6.45, 7) is 5.69. The topological polar surface area (TPSA) is 55.6 Å². The molecule has 1 heterocycles. The van der Waals surface area contributed by atoms with Gasteiger partial charge in [-0.15, -0.1) is 0 Å². The molecule has 0 spiro atoms. The van der Waals surface area contributed by atoms with E-state index in [1.54, 1.807) is 19.2 Å². The summed E-state index contributed by atoms with van der Waals surface area (Å²) in [6, 6.07) is 3.45. The second-order valence-electron chi connectivity index (χ2n) is 7.10. The molecule has 1 aliphatic rings. The van der Waals surface area contributed by atoms with E-state index < -0.39 is 0 Å². The fraction of sp³-hybridized carbons (Fsp3) is 0.650. The number of hydrogen-bond acceptors (Lipinski definition) is 4. The molecule has 1 aromatic carbocycles. The summed E-state index contributed by atoms with van der Waals surface area (Å²) in [5, 5.41) is 0.476. The van der Waals surface area contributed by atoms with E-state index in [-0.39, 0.29) is 5.78 Å². The maximum absolute atomic E-state index is 12.5. The summed E-state index contributed by atoms with van der Waals surface area (Å²) in [4.78, 5) is 15.0. The molecule has 0 unspecified atom stereocenters. The average Bonchev–Trinajstić information content (AvgIpc) is 2.59. The van der Waals surface area contributed by atoms with Crippen molar-refractivity contribution in [2.75, 3.05) is 32.5 Å². The Bertz CT molecular complexity index is 569. The Morgan fingerprint density at radius 3 is 2.68 bits per heavy atom. The Hall–Kier alpha value is -1.26. The van der Waals surface area contributed by atoms with Gasteiger partial charge in [-0.1, -0.05) is 31.4 Å². The summed E-state index contributed by atoms with van der Waals surface area (Å²) in [5.41, 5.74) is 7.10. The van der Waals surface area contributed by atoms with E-state index in [2.05, 4.69) is 11.8 Å². The largest absolute Gasteiger partial charge is 0.496 e. The molecule has 1 aromatic rings. The van der Waals surface area contributed by atoms with Crippen LogP contribution in [0.2, 0.25) is 5.02 Å². The summed E-state index contributed by atoms with van der Waals surface area (Å²) < 4.78 is 5.34. The van der Waals surface area contributed by atoms with E-state index in [0.717, 1.165) is 31.5 Å². The molecular formula is C20H31ClN2O2. The van der Waals surface area contributed by atoms with Crippen molar-refractivity contribution in [2.45, 2.75) is 51.9 Å². The minimum absolute atomic E-state index is 0.253. The molecular weight excluding hydrogens is 336 g/mol. The van der Waals surface area contributed by atoms with Crippen molar-refractivity contribution < 1.29 is 9.53 Å². The molecule has 2 N–H and O–H groups in total. The number of piperidine rings is 1. The number of carbonyl (C=O) groups is 1. The lowest BCUT2D eigenvalue weighted by Gasteiger charge is -2.31. The van der Waals surface area contributed by atoms with Gasteiger partial charge in [-0.05, 0) is 50.9 Å². The van der Waals surface area contributed by atoms with Crippen LogP contribution in [-0.4, -0.2) is 37.4 Å². The molecule has 0 amide bonds. The van der Waals surface area contributed by atoms with Gasteiger partial charge in [-0.2, -0.15) is 0 Å². The molecule has 5 heteroatoms. The van der Waals surface area contributed by atoms with Crippen molar-refractivity contribution in [1.82, 2.24) is 4.90 Å². The molecule has 0 bridgehead atoms. The highest BCUT2D eigenvalue weighted by molar-refractivity contribution is 6.33. The van der Waals surface area contributed by atoms with Gasteiger partial charge >= 0.3 is 0 Å². The van der Waals surface area contributed by atoms with Crippen LogP contribution in [0, 0.1) is 5.92 Å². The van der Waals surface area contributed by atoms with Crippen LogP contribution >= 0.6 is 11.6 Å². The van der Waals surface area contributed by atoms with Gasteiger partial charge in [0.15, 0.2) is 0 Å². The van der Waals surface area contributed by atoms with Gasteiger partial charge in [0.25, 0.3) is 0 Å². The maximum Gasteiger partial charge on any atom is 0.137 e. The predicted octanol–water partition coefficient (Wildman–Crippen LogP) is 4.33. The van der Waals surface area contributed by atoms with Crippen LogP contribution < -0.4 is 10.5 Å². The van der Waals surface area contributed by atoms with Crippen molar-refractivity contribution in [3.63, 3.8) is 0 Å². The summed E-state index contributed by atoms with van der Waals surface area (Å²) >= 11 is 6.09. The van der Waals surface area contributed by atoms with E-state index in [9.17, 15) is 4.79 Å². The number of rotatable bonds is 9. The maximum atomic E-state index is 12.5. The normalized spacial score (nSPS) is 16.1. The zero-order valence-corrected chi connectivity index (χ0v) is 16.3. The Labute approximate surface area is 156 Å². The van der Waals surface area contributed by atoms with Gasteiger partial charge in [0.05, 0.1) is 17.8 Å². The number of ketones is 1. The number of halogens is 1. The molecule has 1 saturated heterocycles. The number of Topliss-reactive ketones (excluding diaryl/α,β-unsaturated/α-hetero) is 1. The van der Waals surface area contributed by atoms with E-state index in [4.69, 9.17) is 22.1 Å². The lowest BCUT2D eigenvalue weighted by Crippen LogP contribution is -2.35. The van der Waals surface area contributed by atoms with Crippen LogP contribution in [0.4, 0.5) is 5.69 Å². The Morgan fingerprint density at radius 1 is 1.32 bits per heavy atom. The van der Waals surface area contributed by atoms with Gasteiger partial charge in [-0.3, -0.25) is 4.79 Å². The third kappa shape index (κ3) is 6.19. The van der Waals surface area contributed by atoms with Crippen LogP contribution in [0.25, 0.3) is 0 Å². The Kier molecular flexibility index (Phi) is 8.04. The number of benzene rings is 1. The van der Waals surface area contributed by atoms with E-state index in [0.29, 0.717) is 35.2 Å². The van der Waals surface area contributed by atoms with Crippen molar-refractivity contribution >= 4 is 23.1 Å². The molecule has 0 atom stereocenters. The lowest BCUT2D eigenvalue weighted by molar-refractivity contribution is -0.119. The second-order valence-corrected chi connectivity index (χ2v) is 7.50. The quantitative estimate of drug-likeness (QED) is 0.522. The second kappa shape index (κ2) is 10.0. The van der Waals surface area contributed by atoms with Crippen LogP contribution in [0.5, 0.6) is 5.75 Å². The van der Waals surface area contributed by atoms with E-state index in [1.807, 2.05) is 0 Å². The number of ether oxygens (including phenoxy) is 1. The third-order valence-corrected chi connectivity index (χ3v) is 5.42. The molecule has 1 aliphatic heterocycles. The molecule has 140 valence electrons. The van der Waals surface area contributed by atoms with E-state index in [1.165, 1.54) is 25.8 Å². The molecule has 2 rings (SSSR count). The molecule has 4 nitrogen and oxygen atoms in total. The lowest BCUT2D eigenvalue weighted by atomic mass is 9.90. The fourth-order valence-corrected chi connectivity index (χ4v) is 3.73. The minimum Gasteiger partial charge on any atom is -0.496 e. The Morgan fingerprint density at radius 2 is 2.04 bits per heavy atom. The number of hydrogen-bond donors (Lipinski definition) is 1. The van der Waals surface area contributed by atoms with Crippen molar-refractivity contribution in [3.8, 4) is 5.75 Å². The number of nitrogens with zero attached hydrogens (tertiary/aromatic N) is 1. The van der Waals surface area contributed by atoms with Crippen LogP contribution in [0.15, 0.2) is 12.1 Å². The highest BCUT2D eigenvalue weighted by atomic mass is 35.5. The standard InChI is InChI=1S/C20H31ClN2O2/c1-3-4-5-8-23-9-6-15(7-10-23)11-17(24)12-16-13-18(21)19(22)14-20(16)25-2/h13-15H,3-12,22H2,1-2H3. The third-order valence-electron chi connectivity index (χ3n) is 5.09. The van der Waals surface area contributed by atoms with Crippen molar-refractivity contribution in [3.05, 3.63) is 22.7 Å². The number of likely N-dealkylation sites (tertiary alicyclic amines) is 1. The number of nitrogen functional groups attached to an aromatic ring is 1. The molecule has 0 radical (unpaired) electrons. The fourth-order valence-electron chi connectivity index (χ4n) is 3.54. The van der Waals surface area contributed by atoms with Gasteiger partial charge in [0.2, 0.25) is 0 Å². The summed E-state index contributed by atoms with van der Waals surface area (Å²) in [5.74, 6) is 1.40. The number of unbranched alkanes of at least 4 members (excludes halogenated alkanes) is 2. The first-order valence-corrected chi connectivity index (χ1v) is 9.77.